The van der Waals surface area contributed by atoms with E-state index >= 15 is 0 Å². The second kappa shape index (κ2) is 6.56. The van der Waals surface area contributed by atoms with Crippen molar-refractivity contribution in [1.29, 1.82) is 0 Å². The lowest BCUT2D eigenvalue weighted by atomic mass is 10.1. The lowest BCUT2D eigenvalue weighted by Gasteiger charge is -2.19. The quantitative estimate of drug-likeness (QED) is 0.862. The monoisotopic (exact) mass is 325 g/mol. The molecule has 1 aromatic carbocycles. The molecule has 0 aromatic heterocycles. The van der Waals surface area contributed by atoms with E-state index in [0.29, 0.717) is 13.1 Å². The molecule has 0 fully saturated rings. The molecule has 6 nitrogen and oxygen atoms in total. The van der Waals surface area contributed by atoms with Gasteiger partial charge in [0.05, 0.1) is 11.4 Å². The van der Waals surface area contributed by atoms with Crippen molar-refractivity contribution in [3.63, 3.8) is 0 Å². The lowest BCUT2D eigenvalue weighted by Crippen LogP contribution is -2.38. The SMILES string of the molecule is CCNC(=O)N1CCc2ccc(NC(C)CS(C)(=O)=O)cc21. The van der Waals surface area contributed by atoms with Crippen molar-refractivity contribution in [2.24, 2.45) is 0 Å². The van der Waals surface area contributed by atoms with Gasteiger partial charge in [0, 0.05) is 31.1 Å². The van der Waals surface area contributed by atoms with E-state index < -0.39 is 9.84 Å². The van der Waals surface area contributed by atoms with E-state index in [4.69, 9.17) is 0 Å². The van der Waals surface area contributed by atoms with Crippen molar-refractivity contribution in [2.75, 3.05) is 35.3 Å². The van der Waals surface area contributed by atoms with Gasteiger partial charge in [-0.3, -0.25) is 4.90 Å². The summed E-state index contributed by atoms with van der Waals surface area (Å²) in [7, 11) is -3.02. The first-order chi connectivity index (χ1) is 10.3. The van der Waals surface area contributed by atoms with Crippen molar-refractivity contribution in [2.45, 2.75) is 26.3 Å². The zero-order valence-corrected chi connectivity index (χ0v) is 14.0. The molecule has 2 rings (SSSR count). The maximum absolute atomic E-state index is 12.0. The number of nitrogens with zero attached hydrogens (tertiary/aromatic N) is 1. The van der Waals surface area contributed by atoms with Crippen LogP contribution in [0.2, 0.25) is 0 Å². The zero-order chi connectivity index (χ0) is 16.3. The Kier molecular flexibility index (Phi) is 4.95. The number of hydrogen-bond donors (Lipinski definition) is 2. The number of hydrogen-bond acceptors (Lipinski definition) is 4. The van der Waals surface area contributed by atoms with E-state index in [2.05, 4.69) is 10.6 Å². The van der Waals surface area contributed by atoms with Gasteiger partial charge in [0.25, 0.3) is 0 Å². The molecule has 1 atom stereocenters. The molecule has 0 saturated carbocycles. The van der Waals surface area contributed by atoms with Gasteiger partial charge in [0.2, 0.25) is 0 Å². The predicted octanol–water partition coefficient (Wildman–Crippen LogP) is 1.62. The third kappa shape index (κ3) is 4.13. The minimum atomic E-state index is -3.02. The van der Waals surface area contributed by atoms with Crippen LogP contribution in [-0.2, 0) is 16.3 Å². The van der Waals surface area contributed by atoms with E-state index in [1.807, 2.05) is 32.0 Å². The third-order valence-electron chi connectivity index (χ3n) is 3.52. The first kappa shape index (κ1) is 16.6. The van der Waals surface area contributed by atoms with E-state index in [9.17, 15) is 13.2 Å². The summed E-state index contributed by atoms with van der Waals surface area (Å²) in [5.74, 6) is 0.0735. The minimum absolute atomic E-state index is 0.0735. The topological polar surface area (TPSA) is 78.5 Å². The van der Waals surface area contributed by atoms with Crippen LogP contribution in [0.4, 0.5) is 16.2 Å². The number of carbonyl (C=O) groups is 1. The number of rotatable bonds is 5. The average molecular weight is 325 g/mol. The van der Waals surface area contributed by atoms with Gasteiger partial charge in [-0.05, 0) is 38.0 Å². The number of amides is 2. The molecule has 2 amide bonds. The summed E-state index contributed by atoms with van der Waals surface area (Å²) >= 11 is 0. The summed E-state index contributed by atoms with van der Waals surface area (Å²) < 4.78 is 22.7. The molecule has 1 unspecified atom stereocenters. The van der Waals surface area contributed by atoms with Crippen LogP contribution in [0.15, 0.2) is 18.2 Å². The molecule has 0 bridgehead atoms. The third-order valence-corrected chi connectivity index (χ3v) is 4.63. The molecule has 0 saturated heterocycles. The Morgan fingerprint density at radius 3 is 2.77 bits per heavy atom. The van der Waals surface area contributed by atoms with E-state index in [0.717, 1.165) is 23.4 Å². The summed E-state index contributed by atoms with van der Waals surface area (Å²) in [5, 5.41) is 5.99. The van der Waals surface area contributed by atoms with Gasteiger partial charge in [-0.1, -0.05) is 6.07 Å². The van der Waals surface area contributed by atoms with Gasteiger partial charge in [-0.15, -0.1) is 0 Å². The molecule has 7 heteroatoms. The maximum atomic E-state index is 12.0. The highest BCUT2D eigenvalue weighted by atomic mass is 32.2. The Labute approximate surface area is 131 Å². The Balaban J connectivity index is 2.14. The molecule has 1 aromatic rings. The van der Waals surface area contributed by atoms with Crippen molar-refractivity contribution in [3.05, 3.63) is 23.8 Å². The second-order valence-electron chi connectivity index (χ2n) is 5.72. The maximum Gasteiger partial charge on any atom is 0.321 e. The van der Waals surface area contributed by atoms with Crippen LogP contribution in [0, 0.1) is 0 Å². The summed E-state index contributed by atoms with van der Waals surface area (Å²) in [6.07, 6.45) is 2.07. The van der Waals surface area contributed by atoms with Gasteiger partial charge >= 0.3 is 6.03 Å². The zero-order valence-electron chi connectivity index (χ0n) is 13.2. The Morgan fingerprint density at radius 2 is 2.14 bits per heavy atom. The largest absolute Gasteiger partial charge is 0.382 e. The fourth-order valence-corrected chi connectivity index (χ4v) is 3.70. The van der Waals surface area contributed by atoms with Crippen LogP contribution in [0.25, 0.3) is 0 Å². The molecule has 0 radical (unpaired) electrons. The smallest absolute Gasteiger partial charge is 0.321 e. The van der Waals surface area contributed by atoms with E-state index in [1.165, 1.54) is 6.26 Å². The van der Waals surface area contributed by atoms with E-state index in [1.54, 1.807) is 4.90 Å². The first-order valence-corrected chi connectivity index (χ1v) is 9.48. The number of urea groups is 1. The van der Waals surface area contributed by atoms with Crippen molar-refractivity contribution >= 4 is 27.2 Å². The minimum Gasteiger partial charge on any atom is -0.382 e. The van der Waals surface area contributed by atoms with Crippen molar-refractivity contribution in [1.82, 2.24) is 5.32 Å². The number of sulfone groups is 1. The number of nitrogens with one attached hydrogen (secondary N) is 2. The molecule has 0 spiro atoms. The molecule has 22 heavy (non-hydrogen) atoms. The van der Waals surface area contributed by atoms with Crippen molar-refractivity contribution in [3.8, 4) is 0 Å². The average Bonchev–Trinajstić information content (AvgIpc) is 2.79. The predicted molar refractivity (Wildman–Crippen MR) is 89.4 cm³/mol. The van der Waals surface area contributed by atoms with Gasteiger partial charge in [-0.2, -0.15) is 0 Å². The molecular formula is C15H23N3O3S. The van der Waals surface area contributed by atoms with Gasteiger partial charge < -0.3 is 10.6 Å². The fraction of sp³-hybridized carbons (Fsp3) is 0.533. The summed E-state index contributed by atoms with van der Waals surface area (Å²) in [6, 6.07) is 5.55. The molecule has 1 aliphatic heterocycles. The number of carbonyl (C=O) groups excluding carboxylic acids is 1. The normalized spacial score (nSPS) is 15.3. The second-order valence-corrected chi connectivity index (χ2v) is 7.90. The molecule has 122 valence electrons. The fourth-order valence-electron chi connectivity index (χ4n) is 2.71. The molecule has 2 N–H and O–H groups in total. The van der Waals surface area contributed by atoms with E-state index in [-0.39, 0.29) is 17.8 Å². The summed E-state index contributed by atoms with van der Waals surface area (Å²) in [6.45, 7) is 4.98. The summed E-state index contributed by atoms with van der Waals surface area (Å²) in [4.78, 5) is 13.8. The first-order valence-electron chi connectivity index (χ1n) is 7.42. The molecule has 0 aliphatic carbocycles. The van der Waals surface area contributed by atoms with Crippen LogP contribution in [0.1, 0.15) is 19.4 Å². The summed E-state index contributed by atoms with van der Waals surface area (Å²) in [5.41, 5.74) is 2.85. The highest BCUT2D eigenvalue weighted by Gasteiger charge is 2.24. The Hall–Kier alpha value is -1.76. The van der Waals surface area contributed by atoms with Gasteiger partial charge in [0.1, 0.15) is 9.84 Å². The standard InChI is InChI=1S/C15H23N3O3S/c1-4-16-15(19)18-8-7-12-5-6-13(9-14(12)18)17-11(2)10-22(3,20)21/h5-6,9,11,17H,4,7-8,10H2,1-3H3,(H,16,19). The lowest BCUT2D eigenvalue weighted by molar-refractivity contribution is 0.247. The Bertz CT molecular complexity index is 658. The number of fused-ring (bicyclic) bond motifs is 1. The van der Waals surface area contributed by atoms with Crippen LogP contribution in [-0.4, -0.2) is 45.6 Å². The highest BCUT2D eigenvalue weighted by molar-refractivity contribution is 7.90. The van der Waals surface area contributed by atoms with Crippen molar-refractivity contribution < 1.29 is 13.2 Å². The molecule has 1 aliphatic rings. The van der Waals surface area contributed by atoms with Crippen LogP contribution in [0.3, 0.4) is 0 Å². The highest BCUT2D eigenvalue weighted by Crippen LogP contribution is 2.31. The van der Waals surface area contributed by atoms with Crippen LogP contribution >= 0.6 is 0 Å². The van der Waals surface area contributed by atoms with Crippen LogP contribution < -0.4 is 15.5 Å². The number of benzene rings is 1. The number of anilines is 2. The van der Waals surface area contributed by atoms with Gasteiger partial charge in [0.15, 0.2) is 0 Å². The molecular weight excluding hydrogens is 302 g/mol. The van der Waals surface area contributed by atoms with Gasteiger partial charge in [-0.25, -0.2) is 13.2 Å². The van der Waals surface area contributed by atoms with Crippen LogP contribution in [0.5, 0.6) is 0 Å². The Morgan fingerprint density at radius 1 is 1.41 bits per heavy atom. The molecule has 1 heterocycles.